The van der Waals surface area contributed by atoms with Gasteiger partial charge in [0.05, 0.1) is 0 Å². The number of rotatable bonds is 2. The summed E-state index contributed by atoms with van der Waals surface area (Å²) >= 11 is 0. The topological polar surface area (TPSA) is 57.6 Å². The van der Waals surface area contributed by atoms with Gasteiger partial charge >= 0.3 is 5.97 Å². The van der Waals surface area contributed by atoms with E-state index in [4.69, 9.17) is 5.11 Å². The normalized spacial score (nSPS) is 18.9. The van der Waals surface area contributed by atoms with E-state index in [1.54, 1.807) is 13.8 Å². The summed E-state index contributed by atoms with van der Waals surface area (Å²) in [6.45, 7) is 3.70. The monoisotopic (exact) mass is 185 g/mol. The Kier molecular flexibility index (Phi) is 2.59. The quantitative estimate of drug-likeness (QED) is 0.694. The average molecular weight is 185 g/mol. The summed E-state index contributed by atoms with van der Waals surface area (Å²) < 4.78 is 0. The molecule has 1 fully saturated rings. The molecule has 1 saturated heterocycles. The lowest BCUT2D eigenvalue weighted by atomic mass is 9.98. The van der Waals surface area contributed by atoms with E-state index in [1.807, 2.05) is 0 Å². The van der Waals surface area contributed by atoms with Gasteiger partial charge in [-0.3, -0.25) is 4.79 Å². The van der Waals surface area contributed by atoms with Gasteiger partial charge in [-0.15, -0.1) is 0 Å². The van der Waals surface area contributed by atoms with Crippen molar-refractivity contribution in [3.63, 3.8) is 0 Å². The van der Waals surface area contributed by atoms with E-state index < -0.39 is 11.5 Å². The summed E-state index contributed by atoms with van der Waals surface area (Å²) in [5.74, 6) is -0.985. The molecule has 0 aromatic carbocycles. The molecule has 1 heterocycles. The molecule has 0 aromatic heterocycles. The predicted octanol–water partition coefficient (Wildman–Crippen LogP) is 0.862. The van der Waals surface area contributed by atoms with Crippen molar-refractivity contribution in [1.29, 1.82) is 0 Å². The smallest absolute Gasteiger partial charge is 0.329 e. The van der Waals surface area contributed by atoms with Crippen LogP contribution in [-0.2, 0) is 9.59 Å². The summed E-state index contributed by atoms with van der Waals surface area (Å²) in [7, 11) is 0. The van der Waals surface area contributed by atoms with Crippen LogP contribution in [0.3, 0.4) is 0 Å². The maximum atomic E-state index is 11.4. The Morgan fingerprint density at radius 1 is 1.46 bits per heavy atom. The zero-order chi connectivity index (χ0) is 10.1. The lowest BCUT2D eigenvalue weighted by molar-refractivity contribution is -0.158. The fourth-order valence-electron chi connectivity index (χ4n) is 1.51. The highest BCUT2D eigenvalue weighted by Gasteiger charge is 2.38. The van der Waals surface area contributed by atoms with E-state index in [2.05, 4.69) is 0 Å². The van der Waals surface area contributed by atoms with Gasteiger partial charge in [0.25, 0.3) is 0 Å². The second-order valence-electron chi connectivity index (χ2n) is 3.87. The Bertz CT molecular complexity index is 235. The van der Waals surface area contributed by atoms with Gasteiger partial charge in [-0.25, -0.2) is 4.79 Å². The van der Waals surface area contributed by atoms with Gasteiger partial charge in [0.2, 0.25) is 5.91 Å². The van der Waals surface area contributed by atoms with Crippen molar-refractivity contribution in [3.8, 4) is 0 Å². The third-order valence-corrected chi connectivity index (χ3v) is 2.52. The Labute approximate surface area is 77.5 Å². The number of carbonyl (C=O) groups excluding carboxylic acids is 1. The van der Waals surface area contributed by atoms with E-state index >= 15 is 0 Å². The Balaban J connectivity index is 2.79. The van der Waals surface area contributed by atoms with Gasteiger partial charge in [-0.1, -0.05) is 0 Å². The molecule has 74 valence electrons. The summed E-state index contributed by atoms with van der Waals surface area (Å²) in [5.41, 5.74) is -1.06. The standard InChI is InChI=1S/C9H15NO3/c1-9(2,8(12)13)10-6-4-3-5-7(10)11/h3-6H2,1-2H3,(H,12,13). The molecule has 0 aromatic rings. The minimum atomic E-state index is -1.06. The third-order valence-electron chi connectivity index (χ3n) is 2.52. The highest BCUT2D eigenvalue weighted by Crippen LogP contribution is 2.21. The van der Waals surface area contributed by atoms with Crippen LogP contribution in [0.1, 0.15) is 33.1 Å². The number of carbonyl (C=O) groups is 2. The first kappa shape index (κ1) is 10.0. The van der Waals surface area contributed by atoms with Crippen molar-refractivity contribution in [2.24, 2.45) is 0 Å². The lowest BCUT2D eigenvalue weighted by Gasteiger charge is -2.37. The molecule has 0 saturated carbocycles. The summed E-state index contributed by atoms with van der Waals surface area (Å²) in [5, 5.41) is 8.92. The molecule has 0 atom stereocenters. The van der Waals surface area contributed by atoms with Crippen LogP contribution >= 0.6 is 0 Å². The highest BCUT2D eigenvalue weighted by molar-refractivity contribution is 5.86. The number of nitrogens with zero attached hydrogens (tertiary/aromatic N) is 1. The maximum Gasteiger partial charge on any atom is 0.329 e. The summed E-state index contributed by atoms with van der Waals surface area (Å²) in [4.78, 5) is 23.7. The number of amides is 1. The Hall–Kier alpha value is -1.06. The van der Waals surface area contributed by atoms with Gasteiger partial charge in [0.1, 0.15) is 5.54 Å². The van der Waals surface area contributed by atoms with Crippen LogP contribution in [0.15, 0.2) is 0 Å². The predicted molar refractivity (Wildman–Crippen MR) is 47.3 cm³/mol. The molecular formula is C9H15NO3. The molecule has 1 N–H and O–H groups in total. The number of carboxylic acid groups (broad SMARTS) is 1. The van der Waals surface area contributed by atoms with Crippen molar-refractivity contribution in [1.82, 2.24) is 4.90 Å². The first-order valence-corrected chi connectivity index (χ1v) is 4.50. The second kappa shape index (κ2) is 3.36. The van der Waals surface area contributed by atoms with Crippen molar-refractivity contribution >= 4 is 11.9 Å². The average Bonchev–Trinajstić information content (AvgIpc) is 2.04. The second-order valence-corrected chi connectivity index (χ2v) is 3.87. The van der Waals surface area contributed by atoms with Crippen LogP contribution in [0.4, 0.5) is 0 Å². The molecule has 0 unspecified atom stereocenters. The fourth-order valence-corrected chi connectivity index (χ4v) is 1.51. The molecule has 1 aliphatic heterocycles. The largest absolute Gasteiger partial charge is 0.480 e. The molecule has 4 heteroatoms. The number of hydrogen-bond donors (Lipinski definition) is 1. The Morgan fingerprint density at radius 2 is 2.08 bits per heavy atom. The number of piperidine rings is 1. The van der Waals surface area contributed by atoms with Gasteiger partial charge in [0.15, 0.2) is 0 Å². The molecular weight excluding hydrogens is 170 g/mol. The van der Waals surface area contributed by atoms with Crippen LogP contribution in [0.2, 0.25) is 0 Å². The summed E-state index contributed by atoms with van der Waals surface area (Å²) in [6, 6.07) is 0. The van der Waals surface area contributed by atoms with Crippen LogP contribution < -0.4 is 0 Å². The molecule has 1 amide bonds. The van der Waals surface area contributed by atoms with E-state index in [-0.39, 0.29) is 5.91 Å². The lowest BCUT2D eigenvalue weighted by Crippen LogP contribution is -2.54. The molecule has 0 radical (unpaired) electrons. The van der Waals surface area contributed by atoms with Gasteiger partial charge in [-0.2, -0.15) is 0 Å². The van der Waals surface area contributed by atoms with Crippen LogP contribution in [0, 0.1) is 0 Å². The highest BCUT2D eigenvalue weighted by atomic mass is 16.4. The van der Waals surface area contributed by atoms with Gasteiger partial charge < -0.3 is 10.0 Å². The van der Waals surface area contributed by atoms with Crippen LogP contribution in [0.25, 0.3) is 0 Å². The minimum Gasteiger partial charge on any atom is -0.480 e. The van der Waals surface area contributed by atoms with Crippen LogP contribution in [-0.4, -0.2) is 34.0 Å². The zero-order valence-electron chi connectivity index (χ0n) is 8.04. The number of aliphatic carboxylic acids is 1. The molecule has 0 aliphatic carbocycles. The van der Waals surface area contributed by atoms with Crippen LogP contribution in [0.5, 0.6) is 0 Å². The van der Waals surface area contributed by atoms with E-state index in [9.17, 15) is 9.59 Å². The fraction of sp³-hybridized carbons (Fsp3) is 0.778. The molecule has 1 rings (SSSR count). The minimum absolute atomic E-state index is 0.0429. The molecule has 0 bridgehead atoms. The molecule has 0 spiro atoms. The number of hydrogen-bond acceptors (Lipinski definition) is 2. The van der Waals surface area contributed by atoms with Gasteiger partial charge in [-0.05, 0) is 26.7 Å². The number of carboxylic acids is 1. The SMILES string of the molecule is CC(C)(C(=O)O)N1CCCCC1=O. The molecule has 13 heavy (non-hydrogen) atoms. The van der Waals surface area contributed by atoms with E-state index in [0.29, 0.717) is 13.0 Å². The molecule has 1 aliphatic rings. The zero-order valence-corrected chi connectivity index (χ0v) is 8.04. The van der Waals surface area contributed by atoms with Gasteiger partial charge in [0, 0.05) is 13.0 Å². The van der Waals surface area contributed by atoms with E-state index in [0.717, 1.165) is 12.8 Å². The third kappa shape index (κ3) is 1.82. The number of likely N-dealkylation sites (tertiary alicyclic amines) is 1. The van der Waals surface area contributed by atoms with Crippen molar-refractivity contribution < 1.29 is 14.7 Å². The van der Waals surface area contributed by atoms with Crippen molar-refractivity contribution in [2.45, 2.75) is 38.6 Å². The summed E-state index contributed by atoms with van der Waals surface area (Å²) in [6.07, 6.45) is 2.27. The van der Waals surface area contributed by atoms with E-state index in [1.165, 1.54) is 4.90 Å². The van der Waals surface area contributed by atoms with Crippen molar-refractivity contribution in [2.75, 3.05) is 6.54 Å². The maximum absolute atomic E-state index is 11.4. The van der Waals surface area contributed by atoms with Crippen molar-refractivity contribution in [3.05, 3.63) is 0 Å². The molecule has 4 nitrogen and oxygen atoms in total. The Morgan fingerprint density at radius 3 is 2.54 bits per heavy atom. The first-order valence-electron chi connectivity index (χ1n) is 4.50. The first-order chi connectivity index (χ1) is 5.96.